The molecule has 0 amide bonds. The Hall–Kier alpha value is -4.36. The lowest BCUT2D eigenvalue weighted by Crippen LogP contribution is -2.08. The summed E-state index contributed by atoms with van der Waals surface area (Å²) in [6.07, 6.45) is 2.84. The zero-order chi connectivity index (χ0) is 26.3. The van der Waals surface area contributed by atoms with Crippen molar-refractivity contribution in [2.75, 3.05) is 32.7 Å². The fraction of sp³-hybridized carbons (Fsp3) is 0.161. The van der Waals surface area contributed by atoms with E-state index in [4.69, 9.17) is 19.2 Å². The third-order valence-electron chi connectivity index (χ3n) is 6.20. The SMILES string of the molecule is COC(=O)c1ccc(C=C(CCOc2cccc3ccccc23)CNc2nc3ccc(OC)cc3s2)cc1. The third-order valence-corrected chi connectivity index (χ3v) is 7.17. The molecule has 0 saturated carbocycles. The standard InChI is InChI=1S/C31H28N2O4S/c1-35-25-14-15-27-29(19-25)38-31(33-27)32-20-22(18-21-10-12-24(13-11-21)30(34)36-2)16-17-37-28-9-5-7-23-6-3-4-8-26(23)28/h3-15,18-19H,16-17,20H2,1-2H3,(H,32,33). The van der Waals surface area contributed by atoms with Crippen LogP contribution < -0.4 is 14.8 Å². The third kappa shape index (κ3) is 5.95. The Morgan fingerprint density at radius 1 is 0.974 bits per heavy atom. The molecular formula is C31H28N2O4S. The number of nitrogens with one attached hydrogen (secondary N) is 1. The number of ether oxygens (including phenoxy) is 3. The minimum absolute atomic E-state index is 0.349. The molecule has 0 aliphatic heterocycles. The van der Waals surface area contributed by atoms with Crippen LogP contribution in [0.5, 0.6) is 11.5 Å². The van der Waals surface area contributed by atoms with Crippen molar-refractivity contribution in [1.82, 2.24) is 4.98 Å². The highest BCUT2D eigenvalue weighted by molar-refractivity contribution is 7.22. The molecule has 0 aliphatic carbocycles. The van der Waals surface area contributed by atoms with Gasteiger partial charge in [-0.1, -0.05) is 65.9 Å². The van der Waals surface area contributed by atoms with Gasteiger partial charge in [-0.15, -0.1) is 0 Å². The highest BCUT2D eigenvalue weighted by Gasteiger charge is 2.09. The van der Waals surface area contributed by atoms with Crippen LogP contribution in [-0.4, -0.2) is 38.3 Å². The normalized spacial score (nSPS) is 11.5. The van der Waals surface area contributed by atoms with Gasteiger partial charge in [-0.3, -0.25) is 0 Å². The lowest BCUT2D eigenvalue weighted by atomic mass is 10.1. The molecule has 0 atom stereocenters. The fourth-order valence-electron chi connectivity index (χ4n) is 4.19. The number of fused-ring (bicyclic) bond motifs is 2. The smallest absolute Gasteiger partial charge is 0.337 e. The van der Waals surface area contributed by atoms with Crippen LogP contribution in [0, 0.1) is 0 Å². The molecule has 0 spiro atoms. The summed E-state index contributed by atoms with van der Waals surface area (Å²) >= 11 is 1.59. The lowest BCUT2D eigenvalue weighted by Gasteiger charge is -2.12. The molecule has 7 heteroatoms. The Bertz CT molecular complexity index is 1590. The number of methoxy groups -OCH3 is 2. The van der Waals surface area contributed by atoms with Crippen molar-refractivity contribution in [3.8, 4) is 11.5 Å². The molecule has 1 aromatic heterocycles. The number of aromatic nitrogens is 1. The highest BCUT2D eigenvalue weighted by Crippen LogP contribution is 2.30. The van der Waals surface area contributed by atoms with Crippen LogP contribution in [0.4, 0.5) is 5.13 Å². The van der Waals surface area contributed by atoms with Gasteiger partial charge in [0.2, 0.25) is 0 Å². The minimum atomic E-state index is -0.349. The van der Waals surface area contributed by atoms with Crippen LogP contribution >= 0.6 is 11.3 Å². The van der Waals surface area contributed by atoms with Crippen molar-refractivity contribution >= 4 is 49.5 Å². The van der Waals surface area contributed by atoms with Crippen LogP contribution in [0.1, 0.15) is 22.3 Å². The molecule has 38 heavy (non-hydrogen) atoms. The summed E-state index contributed by atoms with van der Waals surface area (Å²) in [6, 6.07) is 27.6. The molecule has 5 aromatic rings. The van der Waals surface area contributed by atoms with Gasteiger partial charge in [0, 0.05) is 18.4 Å². The molecule has 0 aliphatic rings. The number of thiazole rings is 1. The number of anilines is 1. The quantitative estimate of drug-likeness (QED) is 0.195. The Morgan fingerprint density at radius 3 is 2.61 bits per heavy atom. The second-order valence-electron chi connectivity index (χ2n) is 8.70. The van der Waals surface area contributed by atoms with E-state index in [0.29, 0.717) is 25.1 Å². The minimum Gasteiger partial charge on any atom is -0.497 e. The summed E-state index contributed by atoms with van der Waals surface area (Å²) in [5.41, 5.74) is 3.59. The topological polar surface area (TPSA) is 69.7 Å². The summed E-state index contributed by atoms with van der Waals surface area (Å²) in [4.78, 5) is 16.5. The predicted octanol–water partition coefficient (Wildman–Crippen LogP) is 7.21. The van der Waals surface area contributed by atoms with Crippen molar-refractivity contribution in [3.05, 3.63) is 102 Å². The zero-order valence-electron chi connectivity index (χ0n) is 21.3. The lowest BCUT2D eigenvalue weighted by molar-refractivity contribution is 0.0600. The number of nitrogens with zero attached hydrogens (tertiary/aromatic N) is 1. The van der Waals surface area contributed by atoms with Crippen LogP contribution in [0.3, 0.4) is 0 Å². The molecule has 0 bridgehead atoms. The average Bonchev–Trinajstić information content (AvgIpc) is 3.38. The molecule has 0 fully saturated rings. The van der Waals surface area contributed by atoms with E-state index in [1.807, 2.05) is 54.6 Å². The summed E-state index contributed by atoms with van der Waals surface area (Å²) in [6.45, 7) is 1.13. The van der Waals surface area contributed by atoms with Gasteiger partial charge in [-0.25, -0.2) is 9.78 Å². The highest BCUT2D eigenvalue weighted by atomic mass is 32.1. The first kappa shape index (κ1) is 25.3. The Kier molecular flexibility index (Phi) is 7.85. The summed E-state index contributed by atoms with van der Waals surface area (Å²) in [5.74, 6) is 1.34. The maximum absolute atomic E-state index is 11.8. The van der Waals surface area contributed by atoms with Crippen molar-refractivity contribution in [2.24, 2.45) is 0 Å². The molecule has 6 nitrogen and oxygen atoms in total. The number of benzene rings is 4. The second kappa shape index (κ2) is 11.8. The predicted molar refractivity (Wildman–Crippen MR) is 154 cm³/mol. The summed E-state index contributed by atoms with van der Waals surface area (Å²) < 4.78 is 17.4. The van der Waals surface area contributed by atoms with Gasteiger partial charge < -0.3 is 19.5 Å². The van der Waals surface area contributed by atoms with E-state index in [2.05, 4.69) is 29.6 Å². The first-order valence-electron chi connectivity index (χ1n) is 12.3. The van der Waals surface area contributed by atoms with E-state index in [9.17, 15) is 4.79 Å². The number of hydrogen-bond acceptors (Lipinski definition) is 7. The Balaban J connectivity index is 1.33. The van der Waals surface area contributed by atoms with E-state index in [1.165, 1.54) is 7.11 Å². The maximum Gasteiger partial charge on any atom is 0.337 e. The van der Waals surface area contributed by atoms with E-state index < -0.39 is 0 Å². The van der Waals surface area contributed by atoms with Gasteiger partial charge in [-0.2, -0.15) is 0 Å². The summed E-state index contributed by atoms with van der Waals surface area (Å²) in [5, 5.41) is 6.57. The molecule has 1 N–H and O–H groups in total. The van der Waals surface area contributed by atoms with Crippen molar-refractivity contribution in [3.63, 3.8) is 0 Å². The molecule has 0 saturated heterocycles. The molecule has 0 radical (unpaired) electrons. The van der Waals surface area contributed by atoms with Crippen molar-refractivity contribution in [2.45, 2.75) is 6.42 Å². The number of rotatable bonds is 10. The van der Waals surface area contributed by atoms with Gasteiger partial charge in [0.15, 0.2) is 5.13 Å². The number of carbonyl (C=O) groups is 1. The van der Waals surface area contributed by atoms with E-state index in [-0.39, 0.29) is 5.97 Å². The molecule has 5 rings (SSSR count). The van der Waals surface area contributed by atoms with E-state index in [1.54, 1.807) is 30.6 Å². The van der Waals surface area contributed by atoms with Gasteiger partial charge >= 0.3 is 5.97 Å². The van der Waals surface area contributed by atoms with E-state index in [0.717, 1.165) is 48.8 Å². The Labute approximate surface area is 225 Å². The maximum atomic E-state index is 11.8. The van der Waals surface area contributed by atoms with Crippen LogP contribution in [0.15, 0.2) is 90.5 Å². The van der Waals surface area contributed by atoms with Crippen molar-refractivity contribution in [1.29, 1.82) is 0 Å². The van der Waals surface area contributed by atoms with Gasteiger partial charge in [0.1, 0.15) is 11.5 Å². The molecule has 0 unspecified atom stereocenters. The Morgan fingerprint density at radius 2 is 1.79 bits per heavy atom. The fourth-order valence-corrected chi connectivity index (χ4v) is 5.08. The summed E-state index contributed by atoms with van der Waals surface area (Å²) in [7, 11) is 3.05. The number of carbonyl (C=O) groups excluding carboxylic acids is 1. The van der Waals surface area contributed by atoms with Gasteiger partial charge in [-0.05, 0) is 52.9 Å². The molecule has 1 heterocycles. The number of esters is 1. The van der Waals surface area contributed by atoms with E-state index >= 15 is 0 Å². The molecule has 192 valence electrons. The second-order valence-corrected chi connectivity index (χ2v) is 9.73. The molecule has 4 aromatic carbocycles. The first-order chi connectivity index (χ1) is 18.6. The van der Waals surface area contributed by atoms with Crippen LogP contribution in [0.2, 0.25) is 0 Å². The van der Waals surface area contributed by atoms with Crippen molar-refractivity contribution < 1.29 is 19.0 Å². The first-order valence-corrected chi connectivity index (χ1v) is 13.1. The monoisotopic (exact) mass is 524 g/mol. The van der Waals surface area contributed by atoms with Gasteiger partial charge in [0.25, 0.3) is 0 Å². The average molecular weight is 525 g/mol. The van der Waals surface area contributed by atoms with Crippen LogP contribution in [-0.2, 0) is 4.74 Å². The largest absolute Gasteiger partial charge is 0.497 e. The molecular weight excluding hydrogens is 496 g/mol. The number of hydrogen-bond donors (Lipinski definition) is 1. The van der Waals surface area contributed by atoms with Gasteiger partial charge in [0.05, 0.1) is 36.6 Å². The zero-order valence-corrected chi connectivity index (χ0v) is 22.1. The van der Waals surface area contributed by atoms with Crippen LogP contribution in [0.25, 0.3) is 27.1 Å².